The summed E-state index contributed by atoms with van der Waals surface area (Å²) in [5.41, 5.74) is 0.796. The molecule has 5 heterocycles. The van der Waals surface area contributed by atoms with Gasteiger partial charge in [-0.05, 0) is 85.5 Å². The molecule has 0 radical (unpaired) electrons. The second-order valence-corrected chi connectivity index (χ2v) is 14.2. The molecular formula is C37H43F2N5O5. The smallest absolute Gasteiger partial charge is 0.319 e. The number of piperidine rings is 1. The number of methoxy groups -OCH3 is 2. The minimum Gasteiger partial charge on any atom is -0.468 e. The lowest BCUT2D eigenvalue weighted by molar-refractivity contribution is 0.0512. The molecule has 1 saturated carbocycles. The molecule has 4 fully saturated rings. The summed E-state index contributed by atoms with van der Waals surface area (Å²) in [6.45, 7) is 5.36. The summed E-state index contributed by atoms with van der Waals surface area (Å²) < 4.78 is 55.4. The predicted octanol–water partition coefficient (Wildman–Crippen LogP) is 5.51. The molecule has 49 heavy (non-hydrogen) atoms. The van der Waals surface area contributed by atoms with E-state index in [1.807, 2.05) is 6.92 Å². The molecule has 2 aromatic heterocycles. The standard InChI is InChI=1S/C37H43F2N5O5/c1-4-26-29(38)7-6-22-12-24(49-20-46-2)13-27(31(22)26)33-32(39)34-28(15-40-33)35(43-16-21-10-23(17-43)30(45)11-21)42-36(41-34)48-19-37-8-5-9-44(37)18-25(14-37)47-3/h6-7,12-13,15,21,23,25,30,45H,4-5,8-11,14,16-20H2,1-3H3/t21-,23-,25+,30-,37+/m1/s1. The molecule has 0 unspecified atom stereocenters. The normalized spacial score (nSPS) is 26.6. The molecule has 3 aliphatic heterocycles. The first-order chi connectivity index (χ1) is 23.8. The molecule has 0 amide bonds. The second kappa shape index (κ2) is 12.9. The van der Waals surface area contributed by atoms with Crippen molar-refractivity contribution in [3.63, 3.8) is 0 Å². The lowest BCUT2D eigenvalue weighted by Gasteiger charge is -2.34. The van der Waals surface area contributed by atoms with Crippen molar-refractivity contribution in [1.29, 1.82) is 0 Å². The van der Waals surface area contributed by atoms with Crippen LogP contribution in [-0.2, 0) is 15.9 Å². The van der Waals surface area contributed by atoms with E-state index in [-0.39, 0.29) is 53.5 Å². The number of halogens is 2. The molecule has 1 aliphatic carbocycles. The Morgan fingerprint density at radius 3 is 2.73 bits per heavy atom. The molecule has 4 aromatic rings. The van der Waals surface area contributed by atoms with Gasteiger partial charge in [0, 0.05) is 51.5 Å². The van der Waals surface area contributed by atoms with Crippen LogP contribution in [0.4, 0.5) is 14.6 Å². The molecule has 260 valence electrons. The Bertz CT molecular complexity index is 1890. The lowest BCUT2D eigenvalue weighted by Crippen LogP contribution is -2.43. The van der Waals surface area contributed by atoms with Gasteiger partial charge in [-0.15, -0.1) is 0 Å². The molecule has 5 atom stereocenters. The monoisotopic (exact) mass is 675 g/mol. The maximum absolute atomic E-state index is 17.2. The van der Waals surface area contributed by atoms with Crippen molar-refractivity contribution in [2.24, 2.45) is 11.8 Å². The molecule has 8 rings (SSSR count). The van der Waals surface area contributed by atoms with Gasteiger partial charge in [-0.2, -0.15) is 9.97 Å². The molecule has 0 spiro atoms. The van der Waals surface area contributed by atoms with Gasteiger partial charge in [0.2, 0.25) is 0 Å². The van der Waals surface area contributed by atoms with Gasteiger partial charge in [0.05, 0.1) is 23.1 Å². The third kappa shape index (κ3) is 5.66. The van der Waals surface area contributed by atoms with Crippen LogP contribution in [0.25, 0.3) is 32.9 Å². The first-order valence-electron chi connectivity index (χ1n) is 17.4. The van der Waals surface area contributed by atoms with E-state index in [0.29, 0.717) is 70.9 Å². The number of anilines is 1. The van der Waals surface area contributed by atoms with E-state index >= 15 is 8.78 Å². The van der Waals surface area contributed by atoms with Crippen LogP contribution in [0.1, 0.15) is 44.6 Å². The predicted molar refractivity (Wildman–Crippen MR) is 181 cm³/mol. The van der Waals surface area contributed by atoms with Crippen LogP contribution in [0.15, 0.2) is 30.5 Å². The molecule has 1 N–H and O–H groups in total. The number of aliphatic hydroxyl groups excluding tert-OH is 1. The number of pyridine rings is 1. The van der Waals surface area contributed by atoms with Crippen molar-refractivity contribution in [3.05, 3.63) is 47.7 Å². The summed E-state index contributed by atoms with van der Waals surface area (Å²) in [7, 11) is 3.27. The van der Waals surface area contributed by atoms with Gasteiger partial charge in [0.15, 0.2) is 12.6 Å². The Morgan fingerprint density at radius 2 is 1.94 bits per heavy atom. The van der Waals surface area contributed by atoms with Crippen LogP contribution < -0.4 is 14.4 Å². The number of benzene rings is 2. The number of aliphatic hydroxyl groups is 1. The van der Waals surface area contributed by atoms with E-state index in [2.05, 4.69) is 14.8 Å². The van der Waals surface area contributed by atoms with Gasteiger partial charge in [-0.25, -0.2) is 8.78 Å². The van der Waals surface area contributed by atoms with Gasteiger partial charge in [-0.1, -0.05) is 13.0 Å². The molecular weight excluding hydrogens is 632 g/mol. The fourth-order valence-electron chi connectivity index (χ4n) is 8.97. The Morgan fingerprint density at radius 1 is 1.06 bits per heavy atom. The highest BCUT2D eigenvalue weighted by atomic mass is 19.1. The fraction of sp³-hybridized carbons (Fsp3) is 0.541. The zero-order valence-corrected chi connectivity index (χ0v) is 28.3. The molecule has 3 saturated heterocycles. The third-order valence-corrected chi connectivity index (χ3v) is 11.3. The minimum atomic E-state index is -0.650. The van der Waals surface area contributed by atoms with Crippen LogP contribution in [-0.4, -0.2) is 96.5 Å². The van der Waals surface area contributed by atoms with Crippen LogP contribution in [0.5, 0.6) is 11.8 Å². The van der Waals surface area contributed by atoms with Crippen LogP contribution in [0.2, 0.25) is 0 Å². The quantitative estimate of drug-likeness (QED) is 0.217. The van der Waals surface area contributed by atoms with Crippen LogP contribution in [0.3, 0.4) is 0 Å². The van der Waals surface area contributed by atoms with E-state index in [4.69, 9.17) is 28.9 Å². The average Bonchev–Trinajstić information content (AvgIpc) is 3.75. The number of aryl methyl sites for hydroxylation is 1. The Hall–Kier alpha value is -3.71. The van der Waals surface area contributed by atoms with Crippen molar-refractivity contribution in [1.82, 2.24) is 19.9 Å². The Balaban J connectivity index is 1.26. The van der Waals surface area contributed by atoms with Crippen molar-refractivity contribution < 1.29 is 32.8 Å². The molecule has 2 bridgehead atoms. The first kappa shape index (κ1) is 32.5. The van der Waals surface area contributed by atoms with E-state index in [1.54, 1.807) is 31.5 Å². The largest absolute Gasteiger partial charge is 0.468 e. The highest BCUT2D eigenvalue weighted by molar-refractivity contribution is 6.01. The van der Waals surface area contributed by atoms with Crippen molar-refractivity contribution >= 4 is 27.5 Å². The number of rotatable bonds is 10. The summed E-state index contributed by atoms with van der Waals surface area (Å²) in [6.07, 6.45) is 6.40. The van der Waals surface area contributed by atoms with Gasteiger partial charge in [0.1, 0.15) is 35.2 Å². The van der Waals surface area contributed by atoms with Gasteiger partial charge in [0.25, 0.3) is 0 Å². The SMILES string of the molecule is CCc1c(F)ccc2cc(OCOC)cc(-c3ncc4c(N5C[C@@H]6C[C@H](C5)[C@H](O)C6)nc(OC[C@@]56CCCN5C[C@@H](OC)C6)nc4c3F)c12. The van der Waals surface area contributed by atoms with Crippen molar-refractivity contribution in [2.75, 3.05) is 58.7 Å². The number of hydrogen-bond acceptors (Lipinski definition) is 10. The van der Waals surface area contributed by atoms with E-state index in [1.165, 1.54) is 13.2 Å². The van der Waals surface area contributed by atoms with Crippen LogP contribution >= 0.6 is 0 Å². The van der Waals surface area contributed by atoms with E-state index in [0.717, 1.165) is 45.2 Å². The number of aromatic nitrogens is 3. The summed E-state index contributed by atoms with van der Waals surface area (Å²) in [6, 6.07) is 6.66. The number of ether oxygens (including phenoxy) is 4. The number of hydrogen-bond donors (Lipinski definition) is 1. The number of fused-ring (bicyclic) bond motifs is 5. The zero-order chi connectivity index (χ0) is 33.9. The first-order valence-corrected chi connectivity index (χ1v) is 17.4. The Kier molecular flexibility index (Phi) is 8.54. The molecule has 4 aliphatic rings. The van der Waals surface area contributed by atoms with Crippen LogP contribution in [0, 0.1) is 23.5 Å². The lowest BCUT2D eigenvalue weighted by atomic mass is 9.94. The number of nitrogens with zero attached hydrogens (tertiary/aromatic N) is 5. The van der Waals surface area contributed by atoms with Gasteiger partial charge in [-0.3, -0.25) is 9.88 Å². The maximum Gasteiger partial charge on any atom is 0.319 e. The van der Waals surface area contributed by atoms with Gasteiger partial charge >= 0.3 is 6.01 Å². The Labute approximate surface area is 284 Å². The molecule has 2 aromatic carbocycles. The fourth-order valence-corrected chi connectivity index (χ4v) is 8.97. The third-order valence-electron chi connectivity index (χ3n) is 11.3. The highest BCUT2D eigenvalue weighted by Crippen LogP contribution is 2.44. The zero-order valence-electron chi connectivity index (χ0n) is 28.3. The van der Waals surface area contributed by atoms with Gasteiger partial charge < -0.3 is 29.0 Å². The summed E-state index contributed by atoms with van der Waals surface area (Å²) in [4.78, 5) is 18.9. The molecule has 10 nitrogen and oxygen atoms in total. The summed E-state index contributed by atoms with van der Waals surface area (Å²) in [5.74, 6) is 0.409. The minimum absolute atomic E-state index is 0.00570. The second-order valence-electron chi connectivity index (χ2n) is 14.2. The highest BCUT2D eigenvalue weighted by Gasteiger charge is 2.49. The van der Waals surface area contributed by atoms with Crippen molar-refractivity contribution in [3.8, 4) is 23.0 Å². The molecule has 12 heteroatoms. The summed E-state index contributed by atoms with van der Waals surface area (Å²) >= 11 is 0. The van der Waals surface area contributed by atoms with E-state index in [9.17, 15) is 5.11 Å². The van der Waals surface area contributed by atoms with Crippen molar-refractivity contribution in [2.45, 2.75) is 63.2 Å². The van der Waals surface area contributed by atoms with E-state index < -0.39 is 5.82 Å². The maximum atomic E-state index is 17.2. The summed E-state index contributed by atoms with van der Waals surface area (Å²) in [5, 5.41) is 12.4. The topological polar surface area (TPSA) is 102 Å². The average molecular weight is 676 g/mol.